The average molecular weight is 351 g/mol. The monoisotopic (exact) mass is 350 g/mol. The molecule has 0 radical (unpaired) electrons. The van der Waals surface area contributed by atoms with Gasteiger partial charge in [0.05, 0.1) is 7.11 Å². The Bertz CT molecular complexity index is 712. The Morgan fingerprint density at radius 3 is 2.83 bits per heavy atom. The van der Waals surface area contributed by atoms with E-state index in [2.05, 4.69) is 10.4 Å². The lowest BCUT2D eigenvalue weighted by Crippen LogP contribution is -2.41. The molecular formula is C17H23ClN4O2. The maximum atomic E-state index is 12.3. The third-order valence-corrected chi connectivity index (χ3v) is 4.16. The van der Waals surface area contributed by atoms with Gasteiger partial charge in [-0.15, -0.1) is 12.4 Å². The van der Waals surface area contributed by atoms with Gasteiger partial charge in [0.2, 0.25) is 0 Å². The molecule has 1 aliphatic carbocycles. The van der Waals surface area contributed by atoms with Crippen LogP contribution in [-0.2, 0) is 0 Å². The van der Waals surface area contributed by atoms with Crippen LogP contribution in [-0.4, -0.2) is 35.4 Å². The summed E-state index contributed by atoms with van der Waals surface area (Å²) in [5, 5.41) is 7.36. The van der Waals surface area contributed by atoms with Crippen LogP contribution >= 0.6 is 12.4 Å². The Hall–Kier alpha value is -2.05. The van der Waals surface area contributed by atoms with Crippen molar-refractivity contribution in [1.82, 2.24) is 15.1 Å². The normalized spacial score (nSPS) is 14.6. The number of nitrogens with two attached hydrogens (primary N) is 1. The van der Waals surface area contributed by atoms with Gasteiger partial charge in [-0.1, -0.05) is 6.07 Å². The molecule has 130 valence electrons. The SMILES string of the molecule is COc1ccc(C)cc1-n1ccc(C(=O)NC(CN)C2CC2)n1.Cl. The summed E-state index contributed by atoms with van der Waals surface area (Å²) in [6, 6.07) is 7.59. The minimum Gasteiger partial charge on any atom is -0.494 e. The first kappa shape index (κ1) is 18.3. The minimum absolute atomic E-state index is 0. The second kappa shape index (κ2) is 7.68. The third-order valence-electron chi connectivity index (χ3n) is 4.16. The van der Waals surface area contributed by atoms with Crippen molar-refractivity contribution < 1.29 is 9.53 Å². The molecule has 1 aliphatic rings. The van der Waals surface area contributed by atoms with E-state index in [0.29, 0.717) is 23.9 Å². The first-order valence-electron chi connectivity index (χ1n) is 7.84. The fourth-order valence-electron chi connectivity index (χ4n) is 2.67. The molecule has 3 N–H and O–H groups in total. The van der Waals surface area contributed by atoms with Crippen LogP contribution in [0.4, 0.5) is 0 Å². The molecule has 7 heteroatoms. The number of aromatic nitrogens is 2. The van der Waals surface area contributed by atoms with E-state index in [4.69, 9.17) is 10.5 Å². The molecule has 0 aliphatic heterocycles. The number of benzene rings is 1. The zero-order valence-corrected chi connectivity index (χ0v) is 14.7. The van der Waals surface area contributed by atoms with E-state index in [0.717, 1.165) is 24.1 Å². The minimum atomic E-state index is -0.183. The van der Waals surface area contributed by atoms with Crippen molar-refractivity contribution in [3.8, 4) is 11.4 Å². The summed E-state index contributed by atoms with van der Waals surface area (Å²) in [6.07, 6.45) is 4.04. The van der Waals surface area contributed by atoms with Gasteiger partial charge >= 0.3 is 0 Å². The van der Waals surface area contributed by atoms with Crippen molar-refractivity contribution in [2.45, 2.75) is 25.8 Å². The number of nitrogens with zero attached hydrogens (tertiary/aromatic N) is 2. The van der Waals surface area contributed by atoms with E-state index in [1.807, 2.05) is 25.1 Å². The van der Waals surface area contributed by atoms with Gasteiger partial charge in [-0.25, -0.2) is 4.68 Å². The highest BCUT2D eigenvalue weighted by molar-refractivity contribution is 5.92. The molecule has 1 unspecified atom stereocenters. The van der Waals surface area contributed by atoms with Crippen LogP contribution < -0.4 is 15.8 Å². The number of aryl methyl sites for hydroxylation is 1. The predicted molar refractivity (Wildman–Crippen MR) is 95.1 cm³/mol. The Morgan fingerprint density at radius 2 is 2.21 bits per heavy atom. The molecule has 1 aromatic heterocycles. The second-order valence-corrected chi connectivity index (χ2v) is 5.97. The van der Waals surface area contributed by atoms with Gasteiger partial charge in [-0.05, 0) is 49.4 Å². The van der Waals surface area contributed by atoms with Crippen molar-refractivity contribution >= 4 is 18.3 Å². The summed E-state index contributed by atoms with van der Waals surface area (Å²) in [4.78, 5) is 12.3. The van der Waals surface area contributed by atoms with Gasteiger partial charge in [0.15, 0.2) is 5.69 Å². The summed E-state index contributed by atoms with van der Waals surface area (Å²) in [6.45, 7) is 2.46. The molecular weight excluding hydrogens is 328 g/mol. The van der Waals surface area contributed by atoms with Crippen molar-refractivity contribution in [3.05, 3.63) is 41.7 Å². The van der Waals surface area contributed by atoms with Crippen LogP contribution in [0.3, 0.4) is 0 Å². The molecule has 1 heterocycles. The van der Waals surface area contributed by atoms with E-state index in [1.54, 1.807) is 24.1 Å². The van der Waals surface area contributed by atoms with E-state index in [1.165, 1.54) is 0 Å². The third kappa shape index (κ3) is 3.88. The molecule has 0 bridgehead atoms. The lowest BCUT2D eigenvalue weighted by molar-refractivity contribution is 0.0928. The summed E-state index contributed by atoms with van der Waals surface area (Å²) < 4.78 is 7.03. The van der Waals surface area contributed by atoms with Crippen LogP contribution in [0.15, 0.2) is 30.5 Å². The number of carbonyl (C=O) groups is 1. The van der Waals surface area contributed by atoms with Crippen LogP contribution in [0.5, 0.6) is 5.75 Å². The van der Waals surface area contributed by atoms with Gasteiger partial charge in [0.25, 0.3) is 5.91 Å². The maximum absolute atomic E-state index is 12.3. The molecule has 2 aromatic rings. The Labute approximate surface area is 147 Å². The smallest absolute Gasteiger partial charge is 0.272 e. The number of nitrogens with one attached hydrogen (secondary N) is 1. The van der Waals surface area contributed by atoms with Gasteiger partial charge in [-0.2, -0.15) is 5.10 Å². The topological polar surface area (TPSA) is 82.2 Å². The number of rotatable bonds is 6. The number of ether oxygens (including phenoxy) is 1. The number of methoxy groups -OCH3 is 1. The molecule has 3 rings (SSSR count). The number of halogens is 1. The summed E-state index contributed by atoms with van der Waals surface area (Å²) in [5.74, 6) is 1.05. The number of hydrogen-bond donors (Lipinski definition) is 2. The van der Waals surface area contributed by atoms with E-state index in [9.17, 15) is 4.79 Å². The van der Waals surface area contributed by atoms with Crippen molar-refractivity contribution in [1.29, 1.82) is 0 Å². The highest BCUT2D eigenvalue weighted by Crippen LogP contribution is 2.32. The Morgan fingerprint density at radius 1 is 1.46 bits per heavy atom. The van der Waals surface area contributed by atoms with Gasteiger partial charge in [0.1, 0.15) is 11.4 Å². The fourth-order valence-corrected chi connectivity index (χ4v) is 2.67. The molecule has 1 amide bonds. The van der Waals surface area contributed by atoms with E-state index >= 15 is 0 Å². The predicted octanol–water partition coefficient (Wildman–Crippen LogP) is 2.08. The van der Waals surface area contributed by atoms with Crippen molar-refractivity contribution in [2.24, 2.45) is 11.7 Å². The molecule has 1 atom stereocenters. The molecule has 1 fully saturated rings. The van der Waals surface area contributed by atoms with Gasteiger partial charge in [-0.3, -0.25) is 4.79 Å². The second-order valence-electron chi connectivity index (χ2n) is 5.97. The highest BCUT2D eigenvalue weighted by Gasteiger charge is 2.31. The summed E-state index contributed by atoms with van der Waals surface area (Å²) in [7, 11) is 1.62. The number of carbonyl (C=O) groups excluding carboxylic acids is 1. The lowest BCUT2D eigenvalue weighted by Gasteiger charge is -2.14. The van der Waals surface area contributed by atoms with Crippen molar-refractivity contribution in [3.63, 3.8) is 0 Å². The fraction of sp³-hybridized carbons (Fsp3) is 0.412. The summed E-state index contributed by atoms with van der Waals surface area (Å²) >= 11 is 0. The molecule has 6 nitrogen and oxygen atoms in total. The Balaban J connectivity index is 0.00000208. The highest BCUT2D eigenvalue weighted by atomic mass is 35.5. The van der Waals surface area contributed by atoms with E-state index < -0.39 is 0 Å². The summed E-state index contributed by atoms with van der Waals surface area (Å²) in [5.41, 5.74) is 8.02. The zero-order chi connectivity index (χ0) is 16.4. The van der Waals surface area contributed by atoms with Gasteiger partial charge < -0.3 is 15.8 Å². The Kier molecular flexibility index (Phi) is 5.85. The van der Waals surface area contributed by atoms with Crippen LogP contribution in [0.2, 0.25) is 0 Å². The number of hydrogen-bond acceptors (Lipinski definition) is 4. The van der Waals surface area contributed by atoms with Crippen LogP contribution in [0.25, 0.3) is 5.69 Å². The van der Waals surface area contributed by atoms with Gasteiger partial charge in [0, 0.05) is 18.8 Å². The first-order chi connectivity index (χ1) is 11.1. The van der Waals surface area contributed by atoms with Crippen LogP contribution in [0.1, 0.15) is 28.9 Å². The molecule has 24 heavy (non-hydrogen) atoms. The zero-order valence-electron chi connectivity index (χ0n) is 13.9. The molecule has 1 saturated carbocycles. The molecule has 1 aromatic carbocycles. The average Bonchev–Trinajstić information content (AvgIpc) is 3.28. The quantitative estimate of drug-likeness (QED) is 0.835. The molecule has 0 spiro atoms. The largest absolute Gasteiger partial charge is 0.494 e. The lowest BCUT2D eigenvalue weighted by atomic mass is 10.2. The van der Waals surface area contributed by atoms with Crippen LogP contribution in [0, 0.1) is 12.8 Å². The first-order valence-corrected chi connectivity index (χ1v) is 7.84. The molecule has 0 saturated heterocycles. The number of amides is 1. The van der Waals surface area contributed by atoms with E-state index in [-0.39, 0.29) is 24.4 Å². The van der Waals surface area contributed by atoms with Crippen molar-refractivity contribution in [2.75, 3.05) is 13.7 Å². The standard InChI is InChI=1S/C17H22N4O2.ClH/c1-11-3-6-16(23-2)15(9-11)21-8-7-13(20-21)17(22)19-14(10-18)12-4-5-12;/h3,6-9,12,14H,4-5,10,18H2,1-2H3,(H,19,22);1H. The maximum Gasteiger partial charge on any atom is 0.272 e.